The number of amides is 1. The standard InChI is InChI=1S/C20H26F3NO3/c1-2-19(18(26)27,15-6-4-3-5-7-15)13-24-17(25)12-14-8-10-16(11-9-14)20(21,22)23/h3-7,14,16H,2,8-13H2,1H3,(H,24,25)(H,26,27). The van der Waals surface area contributed by atoms with Gasteiger partial charge in [0, 0.05) is 13.0 Å². The van der Waals surface area contributed by atoms with Gasteiger partial charge in [0.15, 0.2) is 0 Å². The molecule has 1 aromatic carbocycles. The van der Waals surface area contributed by atoms with Gasteiger partial charge in [0.1, 0.15) is 5.41 Å². The van der Waals surface area contributed by atoms with Gasteiger partial charge in [-0.05, 0) is 43.6 Å². The number of carbonyl (C=O) groups excluding carboxylic acids is 1. The molecule has 1 fully saturated rings. The van der Waals surface area contributed by atoms with Crippen LogP contribution in [0.25, 0.3) is 0 Å². The molecule has 7 heteroatoms. The van der Waals surface area contributed by atoms with Crippen LogP contribution in [0.2, 0.25) is 0 Å². The van der Waals surface area contributed by atoms with Crippen molar-refractivity contribution in [1.82, 2.24) is 5.32 Å². The molecule has 1 unspecified atom stereocenters. The molecule has 0 heterocycles. The fourth-order valence-electron chi connectivity index (χ4n) is 3.82. The monoisotopic (exact) mass is 385 g/mol. The minimum atomic E-state index is -4.16. The summed E-state index contributed by atoms with van der Waals surface area (Å²) in [5, 5.41) is 12.5. The van der Waals surface area contributed by atoms with Crippen LogP contribution in [0.4, 0.5) is 13.2 Å². The number of alkyl halides is 3. The number of halogens is 3. The Morgan fingerprint density at radius 1 is 1.11 bits per heavy atom. The van der Waals surface area contributed by atoms with Gasteiger partial charge in [0.2, 0.25) is 5.91 Å². The second-order valence-corrected chi connectivity index (χ2v) is 7.35. The van der Waals surface area contributed by atoms with Crippen molar-refractivity contribution >= 4 is 11.9 Å². The lowest BCUT2D eigenvalue weighted by Gasteiger charge is -2.31. The summed E-state index contributed by atoms with van der Waals surface area (Å²) in [7, 11) is 0. The molecule has 4 nitrogen and oxygen atoms in total. The van der Waals surface area contributed by atoms with Crippen molar-refractivity contribution in [3.8, 4) is 0 Å². The molecule has 1 saturated carbocycles. The van der Waals surface area contributed by atoms with Gasteiger partial charge in [-0.25, -0.2) is 0 Å². The molecule has 2 N–H and O–H groups in total. The van der Waals surface area contributed by atoms with E-state index in [1.165, 1.54) is 0 Å². The molecule has 27 heavy (non-hydrogen) atoms. The van der Waals surface area contributed by atoms with Gasteiger partial charge in [-0.1, -0.05) is 37.3 Å². The van der Waals surface area contributed by atoms with Crippen molar-refractivity contribution in [1.29, 1.82) is 0 Å². The Kier molecular flexibility index (Phi) is 6.89. The topological polar surface area (TPSA) is 66.4 Å². The predicted octanol–water partition coefficient (Wildman–Crippen LogP) is 4.29. The number of hydrogen-bond acceptors (Lipinski definition) is 2. The number of carboxylic acids is 1. The molecule has 1 amide bonds. The Hall–Kier alpha value is -2.05. The highest BCUT2D eigenvalue weighted by molar-refractivity contribution is 5.83. The highest BCUT2D eigenvalue weighted by Gasteiger charge is 2.42. The summed E-state index contributed by atoms with van der Waals surface area (Å²) < 4.78 is 38.2. The lowest BCUT2D eigenvalue weighted by Crippen LogP contribution is -2.46. The van der Waals surface area contributed by atoms with E-state index in [4.69, 9.17) is 0 Å². The molecule has 150 valence electrons. The van der Waals surface area contributed by atoms with Crippen molar-refractivity contribution in [3.63, 3.8) is 0 Å². The number of hydrogen-bond donors (Lipinski definition) is 2. The van der Waals surface area contributed by atoms with Crippen molar-refractivity contribution in [2.24, 2.45) is 11.8 Å². The Labute approximate surface area is 157 Å². The first kappa shape index (κ1) is 21.3. The molecule has 0 bridgehead atoms. The van der Waals surface area contributed by atoms with Crippen molar-refractivity contribution in [2.75, 3.05) is 6.54 Å². The average molecular weight is 385 g/mol. The summed E-state index contributed by atoms with van der Waals surface area (Å²) in [5.74, 6) is -2.67. The molecule has 0 spiro atoms. The number of nitrogens with one attached hydrogen (secondary N) is 1. The van der Waals surface area contributed by atoms with E-state index in [1.807, 2.05) is 0 Å². The van der Waals surface area contributed by atoms with Gasteiger partial charge < -0.3 is 10.4 Å². The maximum absolute atomic E-state index is 12.7. The third-order valence-corrected chi connectivity index (χ3v) is 5.71. The van der Waals surface area contributed by atoms with Crippen LogP contribution in [-0.4, -0.2) is 29.7 Å². The van der Waals surface area contributed by atoms with E-state index >= 15 is 0 Å². The van der Waals surface area contributed by atoms with E-state index < -0.39 is 23.5 Å². The Bertz CT molecular complexity index is 640. The van der Waals surface area contributed by atoms with E-state index in [0.29, 0.717) is 24.8 Å². The van der Waals surface area contributed by atoms with Crippen molar-refractivity contribution < 1.29 is 27.9 Å². The van der Waals surface area contributed by atoms with Crippen LogP contribution in [0.1, 0.15) is 51.0 Å². The SMILES string of the molecule is CCC(CNC(=O)CC1CCC(C(F)(F)F)CC1)(C(=O)O)c1ccccc1. The fourth-order valence-corrected chi connectivity index (χ4v) is 3.82. The van der Waals surface area contributed by atoms with Crippen LogP contribution in [0, 0.1) is 11.8 Å². The van der Waals surface area contributed by atoms with Crippen molar-refractivity contribution in [3.05, 3.63) is 35.9 Å². The predicted molar refractivity (Wildman–Crippen MR) is 95.2 cm³/mol. The van der Waals surface area contributed by atoms with Gasteiger partial charge in [-0.15, -0.1) is 0 Å². The minimum absolute atomic E-state index is 0.0421. The molecule has 1 atom stereocenters. The highest BCUT2D eigenvalue weighted by atomic mass is 19.4. The normalized spacial score (nSPS) is 22.7. The van der Waals surface area contributed by atoms with Crippen LogP contribution in [0.15, 0.2) is 30.3 Å². The van der Waals surface area contributed by atoms with E-state index in [1.54, 1.807) is 37.3 Å². The van der Waals surface area contributed by atoms with Crippen LogP contribution < -0.4 is 5.32 Å². The molecule has 0 aliphatic heterocycles. The molecule has 0 aromatic heterocycles. The maximum atomic E-state index is 12.7. The quantitative estimate of drug-likeness (QED) is 0.736. The molecular weight excluding hydrogens is 359 g/mol. The summed E-state index contributed by atoms with van der Waals surface area (Å²) >= 11 is 0. The highest BCUT2D eigenvalue weighted by Crippen LogP contribution is 2.40. The largest absolute Gasteiger partial charge is 0.481 e. The zero-order valence-corrected chi connectivity index (χ0v) is 15.4. The van der Waals surface area contributed by atoms with E-state index in [9.17, 15) is 27.9 Å². The van der Waals surface area contributed by atoms with Gasteiger partial charge in [-0.3, -0.25) is 9.59 Å². The summed E-state index contributed by atoms with van der Waals surface area (Å²) in [6.45, 7) is 1.71. The second kappa shape index (κ2) is 8.76. The smallest absolute Gasteiger partial charge is 0.391 e. The Morgan fingerprint density at radius 2 is 1.70 bits per heavy atom. The molecule has 0 radical (unpaired) electrons. The van der Waals surface area contributed by atoms with Gasteiger partial charge in [0.05, 0.1) is 5.92 Å². The molecule has 2 rings (SSSR count). The number of carboxylic acid groups (broad SMARTS) is 1. The molecule has 1 aromatic rings. The number of carbonyl (C=O) groups is 2. The third-order valence-electron chi connectivity index (χ3n) is 5.71. The van der Waals surface area contributed by atoms with Gasteiger partial charge >= 0.3 is 12.1 Å². The third kappa shape index (κ3) is 5.23. The number of benzene rings is 1. The van der Waals surface area contributed by atoms with Crippen LogP contribution in [0.3, 0.4) is 0 Å². The number of aliphatic carboxylic acids is 1. The summed E-state index contributed by atoms with van der Waals surface area (Å²) in [6.07, 6.45) is -2.87. The van der Waals surface area contributed by atoms with Crippen molar-refractivity contribution in [2.45, 2.75) is 57.0 Å². The van der Waals surface area contributed by atoms with E-state index in [-0.39, 0.29) is 37.6 Å². The van der Waals surface area contributed by atoms with Crippen LogP contribution in [-0.2, 0) is 15.0 Å². The first-order chi connectivity index (χ1) is 12.7. The summed E-state index contributed by atoms with van der Waals surface area (Å²) in [6, 6.07) is 8.75. The lowest BCUT2D eigenvalue weighted by molar-refractivity contribution is -0.184. The first-order valence-electron chi connectivity index (χ1n) is 9.31. The molecule has 0 saturated heterocycles. The Balaban J connectivity index is 1.92. The van der Waals surface area contributed by atoms with Gasteiger partial charge in [0.25, 0.3) is 0 Å². The summed E-state index contributed by atoms with van der Waals surface area (Å²) in [5.41, 5.74) is -0.601. The molecular formula is C20H26F3NO3. The maximum Gasteiger partial charge on any atom is 0.391 e. The van der Waals surface area contributed by atoms with Gasteiger partial charge in [-0.2, -0.15) is 13.2 Å². The van der Waals surface area contributed by atoms with E-state index in [2.05, 4.69) is 5.32 Å². The Morgan fingerprint density at radius 3 is 2.19 bits per heavy atom. The summed E-state index contributed by atoms with van der Waals surface area (Å²) in [4.78, 5) is 24.2. The van der Waals surface area contributed by atoms with Crippen LogP contribution in [0.5, 0.6) is 0 Å². The van der Waals surface area contributed by atoms with E-state index in [0.717, 1.165) is 0 Å². The van der Waals surface area contributed by atoms with Crippen LogP contribution >= 0.6 is 0 Å². The molecule has 1 aliphatic rings. The average Bonchev–Trinajstić information content (AvgIpc) is 2.63. The second-order valence-electron chi connectivity index (χ2n) is 7.35. The fraction of sp³-hybridized carbons (Fsp3) is 0.600. The first-order valence-corrected chi connectivity index (χ1v) is 9.31. The lowest BCUT2D eigenvalue weighted by atomic mass is 9.77. The molecule has 1 aliphatic carbocycles. The zero-order valence-electron chi connectivity index (χ0n) is 15.4. The minimum Gasteiger partial charge on any atom is -0.481 e. The number of rotatable bonds is 7. The zero-order chi connectivity index (χ0) is 20.1.